The normalized spacial score (nSPS) is 21.0. The number of aliphatic hydroxyl groups is 1. The SMILES string of the molecule is Cc1ccc(S(=O)(=O)N(C)C[C@@H]2OCCCC[C@@H](C)Oc3ccc(NS(=O)(=O)c4cccs4)cc3C(=O)N([C@H](C)CO)C[C@@H]2C)cc1. The Morgan fingerprint density at radius 1 is 1.09 bits per heavy atom. The summed E-state index contributed by atoms with van der Waals surface area (Å²) in [5, 5.41) is 11.9. The number of aryl methyl sites for hydroxylation is 1. The number of carbonyl (C=O) groups excluding carboxylic acids is 1. The minimum atomic E-state index is -3.88. The van der Waals surface area contributed by atoms with Crippen molar-refractivity contribution in [1.82, 2.24) is 9.21 Å². The maximum Gasteiger partial charge on any atom is 0.271 e. The average molecular weight is 708 g/mol. The van der Waals surface area contributed by atoms with E-state index in [0.717, 1.165) is 29.7 Å². The molecule has 2 heterocycles. The number of thiophene rings is 1. The largest absolute Gasteiger partial charge is 0.490 e. The number of amides is 1. The zero-order valence-electron chi connectivity index (χ0n) is 27.5. The van der Waals surface area contributed by atoms with Crippen LogP contribution >= 0.6 is 11.3 Å². The lowest BCUT2D eigenvalue weighted by atomic mass is 10.0. The second kappa shape index (κ2) is 15.9. The molecule has 0 unspecified atom stereocenters. The van der Waals surface area contributed by atoms with E-state index in [2.05, 4.69) is 4.72 Å². The molecule has 1 aromatic heterocycles. The van der Waals surface area contributed by atoms with Crippen molar-refractivity contribution in [2.75, 3.05) is 38.1 Å². The number of nitrogens with zero attached hydrogens (tertiary/aromatic N) is 2. The van der Waals surface area contributed by atoms with Gasteiger partial charge in [-0.15, -0.1) is 11.3 Å². The summed E-state index contributed by atoms with van der Waals surface area (Å²) < 4.78 is 69.4. The van der Waals surface area contributed by atoms with Crippen LogP contribution in [0.2, 0.25) is 0 Å². The minimum Gasteiger partial charge on any atom is -0.490 e. The minimum absolute atomic E-state index is 0.0532. The third-order valence-electron chi connectivity index (χ3n) is 8.23. The van der Waals surface area contributed by atoms with Crippen LogP contribution < -0.4 is 9.46 Å². The number of carbonyl (C=O) groups is 1. The van der Waals surface area contributed by atoms with E-state index in [9.17, 15) is 26.7 Å². The fraction of sp³-hybridized carbons (Fsp3) is 0.485. The second-order valence-electron chi connectivity index (χ2n) is 12.1. The Hall–Kier alpha value is -3.01. The molecular formula is C33H45N3O8S3. The third kappa shape index (κ3) is 9.33. The summed E-state index contributed by atoms with van der Waals surface area (Å²) in [6, 6.07) is 13.8. The van der Waals surface area contributed by atoms with Crippen LogP contribution in [-0.2, 0) is 24.8 Å². The fourth-order valence-electron chi connectivity index (χ4n) is 5.31. The predicted molar refractivity (Wildman–Crippen MR) is 183 cm³/mol. The molecule has 4 atom stereocenters. The van der Waals surface area contributed by atoms with E-state index >= 15 is 0 Å². The summed E-state index contributed by atoms with van der Waals surface area (Å²) in [7, 11) is -6.17. The van der Waals surface area contributed by atoms with E-state index in [-0.39, 0.29) is 52.1 Å². The summed E-state index contributed by atoms with van der Waals surface area (Å²) in [5.74, 6) is -0.511. The number of ether oxygens (including phenoxy) is 2. The highest BCUT2D eigenvalue weighted by Gasteiger charge is 2.32. The summed E-state index contributed by atoms with van der Waals surface area (Å²) in [5.41, 5.74) is 1.28. The number of sulfonamides is 2. The fourth-order valence-corrected chi connectivity index (χ4v) is 8.54. The Kier molecular flexibility index (Phi) is 12.5. The van der Waals surface area contributed by atoms with Crippen molar-refractivity contribution in [2.45, 2.75) is 74.3 Å². The maximum atomic E-state index is 14.3. The molecule has 2 aromatic carbocycles. The number of likely N-dealkylation sites (N-methyl/N-ethyl adjacent to an activating group) is 1. The number of fused-ring (bicyclic) bond motifs is 1. The smallest absolute Gasteiger partial charge is 0.271 e. The Morgan fingerprint density at radius 2 is 1.81 bits per heavy atom. The molecule has 258 valence electrons. The third-order valence-corrected chi connectivity index (χ3v) is 12.8. The van der Waals surface area contributed by atoms with Gasteiger partial charge in [0.15, 0.2) is 0 Å². The van der Waals surface area contributed by atoms with Crippen molar-refractivity contribution in [2.24, 2.45) is 5.92 Å². The highest BCUT2D eigenvalue weighted by atomic mass is 32.2. The van der Waals surface area contributed by atoms with Crippen molar-refractivity contribution in [3.8, 4) is 5.75 Å². The van der Waals surface area contributed by atoms with Crippen LogP contribution in [0.25, 0.3) is 0 Å². The number of hydrogen-bond donors (Lipinski definition) is 2. The average Bonchev–Trinajstić information content (AvgIpc) is 3.59. The van der Waals surface area contributed by atoms with E-state index in [1.54, 1.807) is 54.8 Å². The number of nitrogens with one attached hydrogen (secondary N) is 1. The van der Waals surface area contributed by atoms with E-state index in [0.29, 0.717) is 18.8 Å². The molecule has 11 nitrogen and oxygen atoms in total. The van der Waals surface area contributed by atoms with Gasteiger partial charge in [-0.2, -0.15) is 4.31 Å². The van der Waals surface area contributed by atoms with Crippen molar-refractivity contribution in [3.63, 3.8) is 0 Å². The Morgan fingerprint density at radius 3 is 2.47 bits per heavy atom. The molecule has 2 N–H and O–H groups in total. The molecule has 14 heteroatoms. The number of aliphatic hydroxyl groups excluding tert-OH is 1. The van der Waals surface area contributed by atoms with Gasteiger partial charge in [0.1, 0.15) is 9.96 Å². The van der Waals surface area contributed by atoms with Crippen LogP contribution in [0.15, 0.2) is 69.1 Å². The van der Waals surface area contributed by atoms with Crippen LogP contribution in [0.1, 0.15) is 56.0 Å². The van der Waals surface area contributed by atoms with Gasteiger partial charge in [-0.3, -0.25) is 9.52 Å². The monoisotopic (exact) mass is 707 g/mol. The maximum absolute atomic E-state index is 14.3. The molecule has 4 rings (SSSR count). The summed E-state index contributed by atoms with van der Waals surface area (Å²) in [6.45, 7) is 7.64. The first-order valence-corrected chi connectivity index (χ1v) is 19.5. The van der Waals surface area contributed by atoms with Crippen molar-refractivity contribution >= 4 is 43.0 Å². The van der Waals surface area contributed by atoms with Crippen molar-refractivity contribution < 1.29 is 36.2 Å². The number of benzene rings is 2. The first kappa shape index (κ1) is 36.8. The quantitative estimate of drug-likeness (QED) is 0.318. The van der Waals surface area contributed by atoms with Crippen LogP contribution in [0.3, 0.4) is 0 Å². The van der Waals surface area contributed by atoms with Crippen molar-refractivity contribution in [3.05, 3.63) is 71.1 Å². The van der Waals surface area contributed by atoms with Crippen LogP contribution in [-0.4, -0.2) is 88.7 Å². The highest BCUT2D eigenvalue weighted by Crippen LogP contribution is 2.30. The molecule has 1 amide bonds. The summed E-state index contributed by atoms with van der Waals surface area (Å²) in [6.07, 6.45) is 1.33. The molecule has 0 fully saturated rings. The molecule has 0 saturated heterocycles. The van der Waals surface area contributed by atoms with Gasteiger partial charge in [-0.25, -0.2) is 16.8 Å². The number of anilines is 1. The Balaban J connectivity index is 1.67. The van der Waals surface area contributed by atoms with E-state index in [1.807, 2.05) is 20.8 Å². The van der Waals surface area contributed by atoms with Gasteiger partial charge in [-0.05, 0) is 81.8 Å². The summed E-state index contributed by atoms with van der Waals surface area (Å²) >= 11 is 1.08. The van der Waals surface area contributed by atoms with E-state index in [1.165, 1.54) is 28.4 Å². The molecule has 1 aliphatic heterocycles. The number of hydrogen-bond acceptors (Lipinski definition) is 9. The summed E-state index contributed by atoms with van der Waals surface area (Å²) in [4.78, 5) is 16.0. The van der Waals surface area contributed by atoms with E-state index in [4.69, 9.17) is 9.47 Å². The lowest BCUT2D eigenvalue weighted by molar-refractivity contribution is -0.00833. The molecule has 47 heavy (non-hydrogen) atoms. The van der Waals surface area contributed by atoms with Gasteiger partial charge >= 0.3 is 0 Å². The highest BCUT2D eigenvalue weighted by molar-refractivity contribution is 7.94. The topological polar surface area (TPSA) is 143 Å². The lowest BCUT2D eigenvalue weighted by Gasteiger charge is -2.35. The first-order chi connectivity index (χ1) is 22.2. The van der Waals surface area contributed by atoms with E-state index < -0.39 is 38.1 Å². The zero-order valence-corrected chi connectivity index (χ0v) is 29.9. The Labute approximate surface area is 282 Å². The lowest BCUT2D eigenvalue weighted by Crippen LogP contribution is -2.48. The van der Waals surface area contributed by atoms with Gasteiger partial charge in [-0.1, -0.05) is 30.7 Å². The molecular weight excluding hydrogens is 663 g/mol. The van der Waals surface area contributed by atoms with Gasteiger partial charge in [0, 0.05) is 38.3 Å². The van der Waals surface area contributed by atoms with Crippen LogP contribution in [0, 0.1) is 12.8 Å². The van der Waals surface area contributed by atoms with Gasteiger partial charge in [0.2, 0.25) is 10.0 Å². The number of rotatable bonds is 9. The standard InChI is InChI=1S/C33H45N3O8S3/c1-23-11-14-28(15-12-23)47(41,42)35(5)21-31-24(2)20-36(25(3)22-37)33(38)29-19-27(34-46(39,40)32-10-8-18-45-32)13-16-30(29)44-26(4)9-6-7-17-43-31/h8,10-16,18-19,24-26,31,34,37H,6-7,9,17,20-22H2,1-5H3/t24-,25+,26+,31-/m0/s1. The molecule has 0 spiro atoms. The predicted octanol–water partition coefficient (Wildman–Crippen LogP) is 4.97. The second-order valence-corrected chi connectivity index (χ2v) is 17.0. The molecule has 3 aromatic rings. The molecule has 0 saturated carbocycles. The van der Waals surface area contributed by atoms with Gasteiger partial charge < -0.3 is 19.5 Å². The van der Waals surface area contributed by atoms with Gasteiger partial charge in [0.05, 0.1) is 35.3 Å². The zero-order chi connectivity index (χ0) is 34.4. The van der Waals surface area contributed by atoms with Crippen LogP contribution in [0.4, 0.5) is 5.69 Å². The molecule has 1 aliphatic rings. The molecule has 0 radical (unpaired) electrons. The Bertz CT molecular complexity index is 1700. The van der Waals surface area contributed by atoms with Crippen LogP contribution in [0.5, 0.6) is 5.75 Å². The molecule has 0 aliphatic carbocycles. The molecule has 0 bridgehead atoms. The van der Waals surface area contributed by atoms with Gasteiger partial charge in [0.25, 0.3) is 15.9 Å². The first-order valence-electron chi connectivity index (χ1n) is 15.7. The van der Waals surface area contributed by atoms with Crippen molar-refractivity contribution in [1.29, 1.82) is 0 Å².